The molecule has 1 aliphatic heterocycles. The van der Waals surface area contributed by atoms with Crippen LogP contribution >= 0.6 is 0 Å². The Morgan fingerprint density at radius 3 is 2.72 bits per heavy atom. The van der Waals surface area contributed by atoms with Gasteiger partial charge >= 0.3 is 0 Å². The summed E-state index contributed by atoms with van der Waals surface area (Å²) in [5.74, 6) is 1.68. The zero-order chi connectivity index (χ0) is 21.9. The molecule has 5 rings (SSSR count). The van der Waals surface area contributed by atoms with E-state index in [9.17, 15) is 9.18 Å². The van der Waals surface area contributed by atoms with Crippen molar-refractivity contribution in [1.82, 2.24) is 9.88 Å². The van der Waals surface area contributed by atoms with Crippen LogP contribution in [-0.2, 0) is 9.53 Å². The molecule has 1 aromatic carbocycles. The first kappa shape index (κ1) is 21.3. The number of nitrogens with zero attached hydrogens (tertiary/aromatic N) is 2. The Balaban J connectivity index is 1.34. The van der Waals surface area contributed by atoms with Crippen molar-refractivity contribution in [1.29, 1.82) is 0 Å². The van der Waals surface area contributed by atoms with E-state index in [0.717, 1.165) is 23.2 Å². The fourth-order valence-electron chi connectivity index (χ4n) is 5.93. The molecule has 2 saturated carbocycles. The maximum absolute atomic E-state index is 13.5. The summed E-state index contributed by atoms with van der Waals surface area (Å²) in [7, 11) is 0. The number of ether oxygens (including phenoxy) is 1. The molecule has 2 heterocycles. The SMILES string of the molecule is O=C([C@H]1C[C@H]2CCCC[C@H]2[C@@H]1C=Cc1ccc(-c2cccc(F)c2)cn1)N1CCOCC1. The number of benzene rings is 1. The molecule has 1 saturated heterocycles. The predicted octanol–water partition coefficient (Wildman–Crippen LogP) is 5.20. The number of fused-ring (bicyclic) bond motifs is 1. The topological polar surface area (TPSA) is 42.4 Å². The molecule has 168 valence electrons. The predicted molar refractivity (Wildman–Crippen MR) is 123 cm³/mol. The molecule has 0 spiro atoms. The molecule has 0 bridgehead atoms. The van der Waals surface area contributed by atoms with Crippen molar-refractivity contribution in [3.05, 3.63) is 60.2 Å². The van der Waals surface area contributed by atoms with Gasteiger partial charge in [0.1, 0.15) is 5.82 Å². The zero-order valence-electron chi connectivity index (χ0n) is 18.5. The summed E-state index contributed by atoms with van der Waals surface area (Å²) in [5.41, 5.74) is 2.60. The van der Waals surface area contributed by atoms with Crippen molar-refractivity contribution in [2.75, 3.05) is 26.3 Å². The summed E-state index contributed by atoms with van der Waals surface area (Å²) in [6.45, 7) is 2.72. The van der Waals surface area contributed by atoms with Gasteiger partial charge in [0, 0.05) is 30.8 Å². The van der Waals surface area contributed by atoms with Gasteiger partial charge in [-0.15, -0.1) is 0 Å². The number of hydrogen-bond acceptors (Lipinski definition) is 3. The summed E-state index contributed by atoms with van der Waals surface area (Å²) in [6, 6.07) is 10.5. The van der Waals surface area contributed by atoms with Crippen LogP contribution in [-0.4, -0.2) is 42.1 Å². The van der Waals surface area contributed by atoms with Crippen molar-refractivity contribution in [2.45, 2.75) is 32.1 Å². The quantitative estimate of drug-likeness (QED) is 0.664. The molecule has 0 radical (unpaired) electrons. The van der Waals surface area contributed by atoms with Crippen LogP contribution in [0.2, 0.25) is 0 Å². The molecule has 2 aromatic rings. The van der Waals surface area contributed by atoms with Crippen LogP contribution < -0.4 is 0 Å². The van der Waals surface area contributed by atoms with Gasteiger partial charge in [-0.3, -0.25) is 9.78 Å². The number of halogens is 1. The van der Waals surface area contributed by atoms with E-state index in [4.69, 9.17) is 4.74 Å². The highest BCUT2D eigenvalue weighted by atomic mass is 19.1. The van der Waals surface area contributed by atoms with Gasteiger partial charge in [-0.05, 0) is 60.4 Å². The van der Waals surface area contributed by atoms with E-state index >= 15 is 0 Å². The van der Waals surface area contributed by atoms with E-state index < -0.39 is 0 Å². The molecule has 0 unspecified atom stereocenters. The average Bonchev–Trinajstić information content (AvgIpc) is 3.22. The van der Waals surface area contributed by atoms with E-state index in [2.05, 4.69) is 17.1 Å². The van der Waals surface area contributed by atoms with Crippen molar-refractivity contribution in [2.24, 2.45) is 23.7 Å². The Morgan fingerprint density at radius 2 is 1.94 bits per heavy atom. The number of morpholine rings is 1. The van der Waals surface area contributed by atoms with Crippen LogP contribution in [0, 0.1) is 29.5 Å². The summed E-state index contributed by atoms with van der Waals surface area (Å²) in [4.78, 5) is 20.0. The van der Waals surface area contributed by atoms with Crippen molar-refractivity contribution in [3.8, 4) is 11.1 Å². The van der Waals surface area contributed by atoms with Gasteiger partial charge in [-0.25, -0.2) is 4.39 Å². The number of allylic oxidation sites excluding steroid dienone is 1. The second-order valence-electron chi connectivity index (χ2n) is 9.41. The molecule has 3 aliphatic rings. The molecular formula is C27H31FN2O2. The van der Waals surface area contributed by atoms with Gasteiger partial charge in [-0.2, -0.15) is 0 Å². The number of carbonyl (C=O) groups is 1. The molecule has 2 aliphatic carbocycles. The summed E-state index contributed by atoms with van der Waals surface area (Å²) < 4.78 is 19.0. The van der Waals surface area contributed by atoms with Crippen LogP contribution in [0.5, 0.6) is 0 Å². The van der Waals surface area contributed by atoms with Crippen LogP contribution in [0.3, 0.4) is 0 Å². The highest BCUT2D eigenvalue weighted by Crippen LogP contribution is 2.50. The summed E-state index contributed by atoms with van der Waals surface area (Å²) in [6.07, 6.45) is 12.2. The lowest BCUT2D eigenvalue weighted by atomic mass is 9.77. The van der Waals surface area contributed by atoms with Gasteiger partial charge in [0.25, 0.3) is 0 Å². The Labute approximate surface area is 189 Å². The minimum atomic E-state index is -0.245. The normalized spacial score (nSPS) is 28.1. The Hall–Kier alpha value is -2.53. The van der Waals surface area contributed by atoms with Crippen LogP contribution in [0.15, 0.2) is 48.7 Å². The van der Waals surface area contributed by atoms with Crippen molar-refractivity contribution < 1.29 is 13.9 Å². The minimum Gasteiger partial charge on any atom is -0.378 e. The largest absolute Gasteiger partial charge is 0.378 e. The van der Waals surface area contributed by atoms with Gasteiger partial charge < -0.3 is 9.64 Å². The molecule has 5 heteroatoms. The molecule has 0 N–H and O–H groups in total. The molecule has 4 nitrogen and oxygen atoms in total. The first-order valence-electron chi connectivity index (χ1n) is 12.0. The maximum Gasteiger partial charge on any atom is 0.226 e. The van der Waals surface area contributed by atoms with Gasteiger partial charge in [-0.1, -0.05) is 43.5 Å². The van der Waals surface area contributed by atoms with Gasteiger partial charge in [0.05, 0.1) is 18.9 Å². The Morgan fingerprint density at radius 1 is 1.09 bits per heavy atom. The lowest BCUT2D eigenvalue weighted by Gasteiger charge is -2.32. The highest BCUT2D eigenvalue weighted by molar-refractivity contribution is 5.80. The minimum absolute atomic E-state index is 0.0732. The van der Waals surface area contributed by atoms with Crippen LogP contribution in [0.25, 0.3) is 17.2 Å². The van der Waals surface area contributed by atoms with Gasteiger partial charge in [0.15, 0.2) is 0 Å². The van der Waals surface area contributed by atoms with E-state index in [1.54, 1.807) is 12.3 Å². The second-order valence-corrected chi connectivity index (χ2v) is 9.41. The van der Waals surface area contributed by atoms with E-state index in [-0.39, 0.29) is 17.7 Å². The van der Waals surface area contributed by atoms with Crippen molar-refractivity contribution in [3.63, 3.8) is 0 Å². The summed E-state index contributed by atoms with van der Waals surface area (Å²) >= 11 is 0. The lowest BCUT2D eigenvalue weighted by molar-refractivity contribution is -0.140. The van der Waals surface area contributed by atoms with E-state index in [1.807, 2.05) is 23.1 Å². The number of aromatic nitrogens is 1. The number of amides is 1. The monoisotopic (exact) mass is 434 g/mol. The highest BCUT2D eigenvalue weighted by Gasteiger charge is 2.46. The van der Waals surface area contributed by atoms with E-state index in [1.165, 1.54) is 37.8 Å². The van der Waals surface area contributed by atoms with Gasteiger partial charge in [0.2, 0.25) is 5.91 Å². The second kappa shape index (κ2) is 9.53. The average molecular weight is 435 g/mol. The lowest BCUT2D eigenvalue weighted by Crippen LogP contribution is -2.44. The molecule has 1 aromatic heterocycles. The Kier molecular flexibility index (Phi) is 6.35. The molecule has 1 amide bonds. The van der Waals surface area contributed by atoms with Crippen molar-refractivity contribution >= 4 is 12.0 Å². The summed E-state index contributed by atoms with van der Waals surface area (Å²) in [5, 5.41) is 0. The zero-order valence-corrected chi connectivity index (χ0v) is 18.5. The third-order valence-electron chi connectivity index (χ3n) is 7.56. The number of hydrogen-bond donors (Lipinski definition) is 0. The maximum atomic E-state index is 13.5. The standard InChI is InChI=1S/C27H31FN2O2/c28-22-6-3-5-19(16-22)21-8-9-23(29-18-21)10-11-25-24-7-2-1-4-20(24)17-26(25)27(31)30-12-14-32-15-13-30/h3,5-6,8-11,16,18,20,24-26H,1-2,4,7,12-15,17H2/t20-,24-,25+,26+/m1/s1. The van der Waals surface area contributed by atoms with Crippen LogP contribution in [0.4, 0.5) is 4.39 Å². The molecule has 32 heavy (non-hydrogen) atoms. The smallest absolute Gasteiger partial charge is 0.226 e. The van der Waals surface area contributed by atoms with Crippen LogP contribution in [0.1, 0.15) is 37.8 Å². The fraction of sp³-hybridized carbons (Fsp3) is 0.481. The Bertz CT molecular complexity index is 968. The third kappa shape index (κ3) is 4.49. The first-order chi connectivity index (χ1) is 15.7. The number of carbonyl (C=O) groups excluding carboxylic acids is 1. The third-order valence-corrected chi connectivity index (χ3v) is 7.56. The number of pyridine rings is 1. The molecule has 4 atom stereocenters. The molecule has 3 fully saturated rings. The van der Waals surface area contributed by atoms with E-state index in [0.29, 0.717) is 44.0 Å². The number of rotatable bonds is 4. The fourth-order valence-corrected chi connectivity index (χ4v) is 5.93. The first-order valence-corrected chi connectivity index (χ1v) is 12.0. The molecular weight excluding hydrogens is 403 g/mol.